The molecule has 8 heteroatoms. The standard InChI is InChI=1S/C25H30ClN5O2/c1-15-7-8-18(26)10-19(15)25(33)30-9-5-4-6-21(30)20-11-23-27-24(17(3)13-31(23)28-20)29-12-16(2)22(32)14-29/h7-8,10-11,13,16,21-22,32H,4-6,9,12,14H2,1-3H3/t16-,21+,22+/m1/s1. The second kappa shape index (κ2) is 8.61. The Bertz CT molecular complexity index is 1200. The summed E-state index contributed by atoms with van der Waals surface area (Å²) in [6, 6.07) is 7.37. The van der Waals surface area contributed by atoms with Crippen molar-refractivity contribution in [1.82, 2.24) is 19.5 Å². The second-order valence-electron chi connectivity index (χ2n) is 9.54. The van der Waals surface area contributed by atoms with E-state index in [1.807, 2.05) is 47.7 Å². The molecule has 1 N–H and O–H groups in total. The van der Waals surface area contributed by atoms with Gasteiger partial charge < -0.3 is 14.9 Å². The van der Waals surface area contributed by atoms with Crippen molar-refractivity contribution >= 4 is 29.0 Å². The minimum atomic E-state index is -0.334. The highest BCUT2D eigenvalue weighted by molar-refractivity contribution is 6.31. The van der Waals surface area contributed by atoms with Crippen LogP contribution in [0.5, 0.6) is 0 Å². The zero-order chi connectivity index (χ0) is 23.3. The Morgan fingerprint density at radius 3 is 2.73 bits per heavy atom. The second-order valence-corrected chi connectivity index (χ2v) is 9.97. The van der Waals surface area contributed by atoms with E-state index in [1.54, 1.807) is 6.07 Å². The average molecular weight is 468 g/mol. The van der Waals surface area contributed by atoms with Gasteiger partial charge in [0, 0.05) is 54.0 Å². The summed E-state index contributed by atoms with van der Waals surface area (Å²) in [6.45, 7) is 8.11. The first-order valence-electron chi connectivity index (χ1n) is 11.7. The predicted octanol–water partition coefficient (Wildman–Crippen LogP) is 4.18. The van der Waals surface area contributed by atoms with Crippen LogP contribution in [0.15, 0.2) is 30.5 Å². The molecule has 0 unspecified atom stereocenters. The molecule has 2 fully saturated rings. The van der Waals surface area contributed by atoms with Gasteiger partial charge in [-0.25, -0.2) is 9.50 Å². The van der Waals surface area contributed by atoms with E-state index in [4.69, 9.17) is 21.7 Å². The Kier molecular flexibility index (Phi) is 5.79. The molecule has 1 aromatic carbocycles. The summed E-state index contributed by atoms with van der Waals surface area (Å²) in [4.78, 5) is 22.5. The lowest BCUT2D eigenvalue weighted by Gasteiger charge is -2.35. The minimum Gasteiger partial charge on any atom is -0.391 e. The van der Waals surface area contributed by atoms with Crippen LogP contribution in [-0.2, 0) is 0 Å². The Morgan fingerprint density at radius 2 is 1.97 bits per heavy atom. The van der Waals surface area contributed by atoms with Gasteiger partial charge in [-0.2, -0.15) is 5.10 Å². The topological polar surface area (TPSA) is 74.0 Å². The Labute approximate surface area is 199 Å². The minimum absolute atomic E-state index is 0.00151. The Hall–Kier alpha value is -2.64. The van der Waals surface area contributed by atoms with Crippen LogP contribution in [0.1, 0.15) is 59.4 Å². The number of aliphatic hydroxyl groups excluding tert-OH is 1. The lowest BCUT2D eigenvalue weighted by Crippen LogP contribution is -2.39. The number of fused-ring (bicyclic) bond motifs is 1. The van der Waals surface area contributed by atoms with Crippen LogP contribution in [0.25, 0.3) is 5.65 Å². The van der Waals surface area contributed by atoms with Crippen LogP contribution in [0, 0.1) is 19.8 Å². The van der Waals surface area contributed by atoms with Gasteiger partial charge >= 0.3 is 0 Å². The molecule has 2 aliphatic rings. The van der Waals surface area contributed by atoms with Crippen molar-refractivity contribution in [3.05, 3.63) is 57.9 Å². The fourth-order valence-corrected chi connectivity index (χ4v) is 5.26. The van der Waals surface area contributed by atoms with E-state index in [1.165, 1.54) is 0 Å². The number of halogens is 1. The Balaban J connectivity index is 1.48. The highest BCUT2D eigenvalue weighted by Gasteiger charge is 2.32. The average Bonchev–Trinajstić information content (AvgIpc) is 3.36. The van der Waals surface area contributed by atoms with Crippen molar-refractivity contribution in [1.29, 1.82) is 0 Å². The molecule has 7 nitrogen and oxygen atoms in total. The molecule has 0 aliphatic carbocycles. The Morgan fingerprint density at radius 1 is 1.15 bits per heavy atom. The van der Waals surface area contributed by atoms with Crippen molar-refractivity contribution in [2.24, 2.45) is 5.92 Å². The number of hydrogen-bond donors (Lipinski definition) is 1. The van der Waals surface area contributed by atoms with Crippen LogP contribution < -0.4 is 4.90 Å². The SMILES string of the molecule is Cc1ccc(Cl)cc1C(=O)N1CCCC[C@H]1c1cc2nc(N3C[C@@H](C)[C@@H](O)C3)c(C)cn2n1. The number of carbonyl (C=O) groups is 1. The van der Waals surface area contributed by atoms with Crippen molar-refractivity contribution in [2.75, 3.05) is 24.5 Å². The quantitative estimate of drug-likeness (QED) is 0.625. The van der Waals surface area contributed by atoms with Gasteiger partial charge in [0.2, 0.25) is 0 Å². The third-order valence-corrected chi connectivity index (χ3v) is 7.27. The number of amides is 1. The summed E-state index contributed by atoms with van der Waals surface area (Å²) >= 11 is 6.19. The molecule has 0 saturated carbocycles. The molecule has 0 bridgehead atoms. The molecule has 0 spiro atoms. The number of piperidine rings is 1. The molecule has 174 valence electrons. The van der Waals surface area contributed by atoms with E-state index in [2.05, 4.69) is 11.8 Å². The van der Waals surface area contributed by atoms with E-state index < -0.39 is 0 Å². The fraction of sp³-hybridized carbons (Fsp3) is 0.480. The van der Waals surface area contributed by atoms with Gasteiger partial charge in [0.05, 0.1) is 17.8 Å². The van der Waals surface area contributed by atoms with E-state index in [-0.39, 0.29) is 24.0 Å². The molecule has 2 saturated heterocycles. The summed E-state index contributed by atoms with van der Waals surface area (Å²) in [7, 11) is 0. The van der Waals surface area contributed by atoms with E-state index >= 15 is 0 Å². The summed E-state index contributed by atoms with van der Waals surface area (Å²) in [5.41, 5.74) is 4.21. The molecule has 33 heavy (non-hydrogen) atoms. The summed E-state index contributed by atoms with van der Waals surface area (Å²) in [5.74, 6) is 1.12. The lowest BCUT2D eigenvalue weighted by molar-refractivity contribution is 0.0605. The van der Waals surface area contributed by atoms with E-state index in [0.717, 1.165) is 54.1 Å². The van der Waals surface area contributed by atoms with Gasteiger partial charge in [-0.05, 0) is 50.8 Å². The van der Waals surface area contributed by atoms with Crippen LogP contribution in [0.3, 0.4) is 0 Å². The number of aryl methyl sites for hydroxylation is 2. The van der Waals surface area contributed by atoms with Crippen molar-refractivity contribution in [3.63, 3.8) is 0 Å². The van der Waals surface area contributed by atoms with Crippen molar-refractivity contribution in [3.8, 4) is 0 Å². The van der Waals surface area contributed by atoms with Gasteiger partial charge in [0.15, 0.2) is 5.65 Å². The zero-order valence-electron chi connectivity index (χ0n) is 19.3. The smallest absolute Gasteiger partial charge is 0.254 e. The number of likely N-dealkylation sites (tertiary alicyclic amines) is 1. The molecule has 2 aromatic heterocycles. The number of anilines is 1. The largest absolute Gasteiger partial charge is 0.391 e. The monoisotopic (exact) mass is 467 g/mol. The van der Waals surface area contributed by atoms with Gasteiger partial charge in [-0.15, -0.1) is 0 Å². The first-order chi connectivity index (χ1) is 15.8. The normalized spacial score (nSPS) is 23.5. The van der Waals surface area contributed by atoms with Crippen LogP contribution >= 0.6 is 11.6 Å². The number of rotatable bonds is 3. The number of aliphatic hydroxyl groups is 1. The van der Waals surface area contributed by atoms with Crippen LogP contribution in [0.4, 0.5) is 5.82 Å². The molecule has 4 heterocycles. The van der Waals surface area contributed by atoms with Crippen molar-refractivity contribution in [2.45, 2.75) is 52.2 Å². The molecule has 3 aromatic rings. The highest BCUT2D eigenvalue weighted by atomic mass is 35.5. The van der Waals surface area contributed by atoms with Gasteiger partial charge in [-0.3, -0.25) is 4.79 Å². The maximum absolute atomic E-state index is 13.5. The number of carbonyl (C=O) groups excluding carboxylic acids is 1. The number of nitrogens with zero attached hydrogens (tertiary/aromatic N) is 5. The first-order valence-corrected chi connectivity index (χ1v) is 12.1. The third-order valence-electron chi connectivity index (χ3n) is 7.03. The molecular weight excluding hydrogens is 438 g/mol. The number of hydrogen-bond acceptors (Lipinski definition) is 5. The summed E-state index contributed by atoms with van der Waals surface area (Å²) in [5, 5.41) is 15.6. The van der Waals surface area contributed by atoms with Crippen LogP contribution in [-0.4, -0.2) is 56.2 Å². The number of benzene rings is 1. The molecule has 1 amide bonds. The maximum Gasteiger partial charge on any atom is 0.254 e. The lowest BCUT2D eigenvalue weighted by atomic mass is 9.97. The van der Waals surface area contributed by atoms with Crippen molar-refractivity contribution < 1.29 is 9.90 Å². The molecule has 3 atom stereocenters. The predicted molar refractivity (Wildman–Crippen MR) is 129 cm³/mol. The first kappa shape index (κ1) is 22.2. The van der Waals surface area contributed by atoms with Crippen LogP contribution in [0.2, 0.25) is 5.02 Å². The fourth-order valence-electron chi connectivity index (χ4n) is 5.09. The van der Waals surface area contributed by atoms with Gasteiger partial charge in [-0.1, -0.05) is 24.6 Å². The highest BCUT2D eigenvalue weighted by Crippen LogP contribution is 2.33. The molecule has 0 radical (unpaired) electrons. The number of aromatic nitrogens is 3. The molecule has 2 aliphatic heterocycles. The van der Waals surface area contributed by atoms with E-state index in [9.17, 15) is 9.90 Å². The third kappa shape index (κ3) is 4.08. The van der Waals surface area contributed by atoms with Gasteiger partial charge in [0.25, 0.3) is 5.91 Å². The van der Waals surface area contributed by atoms with E-state index in [0.29, 0.717) is 23.7 Å². The molecular formula is C25H30ClN5O2. The maximum atomic E-state index is 13.5. The number of β-amino-alcohol motifs (C(OH)–C–C–N with tert-alkyl or cyclic N) is 1. The summed E-state index contributed by atoms with van der Waals surface area (Å²) in [6.07, 6.45) is 4.56. The molecule has 5 rings (SSSR count). The van der Waals surface area contributed by atoms with Gasteiger partial charge in [0.1, 0.15) is 5.82 Å². The summed E-state index contributed by atoms with van der Waals surface area (Å²) < 4.78 is 1.81. The zero-order valence-corrected chi connectivity index (χ0v) is 20.1.